The van der Waals surface area contributed by atoms with Crippen LogP contribution in [0.15, 0.2) is 24.3 Å². The number of para-hydroxylation sites is 1. The highest BCUT2D eigenvalue weighted by atomic mass is 16.3. The summed E-state index contributed by atoms with van der Waals surface area (Å²) in [4.78, 5) is 2.36. The number of benzene rings is 1. The van der Waals surface area contributed by atoms with Gasteiger partial charge in [-0.15, -0.1) is 0 Å². The summed E-state index contributed by atoms with van der Waals surface area (Å²) in [6.45, 7) is 5.64. The Kier molecular flexibility index (Phi) is 3.93. The number of hydrogen-bond donors (Lipinski definition) is 2. The van der Waals surface area contributed by atoms with Crippen molar-refractivity contribution in [2.75, 3.05) is 18.0 Å². The molecule has 18 heavy (non-hydrogen) atoms. The zero-order valence-corrected chi connectivity index (χ0v) is 11.4. The highest BCUT2D eigenvalue weighted by Gasteiger charge is 2.21. The largest absolute Gasteiger partial charge is 0.390 e. The molecule has 1 aliphatic rings. The van der Waals surface area contributed by atoms with E-state index in [4.69, 9.17) is 5.73 Å². The van der Waals surface area contributed by atoms with Crippen LogP contribution in [0.2, 0.25) is 0 Å². The SMILES string of the molecule is CC(C)(O)CCN1CCCC(N)c2ccccc21. The molecule has 1 heterocycles. The minimum atomic E-state index is -0.608. The van der Waals surface area contributed by atoms with Crippen molar-refractivity contribution in [1.29, 1.82) is 0 Å². The normalized spacial score (nSPS) is 20.4. The molecule has 0 saturated heterocycles. The van der Waals surface area contributed by atoms with E-state index in [2.05, 4.69) is 29.2 Å². The van der Waals surface area contributed by atoms with Crippen molar-refractivity contribution < 1.29 is 5.11 Å². The molecule has 1 aliphatic heterocycles. The van der Waals surface area contributed by atoms with Gasteiger partial charge in [-0.1, -0.05) is 18.2 Å². The lowest BCUT2D eigenvalue weighted by Crippen LogP contribution is -2.31. The number of aliphatic hydroxyl groups is 1. The van der Waals surface area contributed by atoms with E-state index in [1.807, 2.05) is 13.8 Å². The molecule has 1 atom stereocenters. The summed E-state index contributed by atoms with van der Waals surface area (Å²) in [7, 11) is 0. The first kappa shape index (κ1) is 13.4. The first-order chi connectivity index (χ1) is 8.47. The molecule has 0 aromatic heterocycles. The molecule has 0 aliphatic carbocycles. The van der Waals surface area contributed by atoms with Crippen LogP contribution in [0.5, 0.6) is 0 Å². The number of rotatable bonds is 3. The number of hydrogen-bond acceptors (Lipinski definition) is 3. The summed E-state index contributed by atoms with van der Waals surface area (Å²) in [5.74, 6) is 0. The molecular formula is C15H24N2O. The monoisotopic (exact) mass is 248 g/mol. The molecular weight excluding hydrogens is 224 g/mol. The number of nitrogens with zero attached hydrogens (tertiary/aromatic N) is 1. The van der Waals surface area contributed by atoms with Crippen molar-refractivity contribution >= 4 is 5.69 Å². The van der Waals surface area contributed by atoms with E-state index >= 15 is 0 Å². The van der Waals surface area contributed by atoms with Gasteiger partial charge in [0.2, 0.25) is 0 Å². The molecule has 3 heteroatoms. The number of anilines is 1. The predicted octanol–water partition coefficient (Wildman–Crippen LogP) is 2.45. The smallest absolute Gasteiger partial charge is 0.0608 e. The standard InChI is InChI=1S/C15H24N2O/c1-15(2,18)9-11-17-10-5-7-13(16)12-6-3-4-8-14(12)17/h3-4,6,8,13,18H,5,7,9-11,16H2,1-2H3. The van der Waals surface area contributed by atoms with Gasteiger partial charge in [-0.05, 0) is 44.7 Å². The Labute approximate surface area is 110 Å². The molecule has 3 nitrogen and oxygen atoms in total. The van der Waals surface area contributed by atoms with E-state index in [0.29, 0.717) is 0 Å². The summed E-state index contributed by atoms with van der Waals surface area (Å²) in [5.41, 5.74) is 8.09. The van der Waals surface area contributed by atoms with E-state index in [1.54, 1.807) is 0 Å². The van der Waals surface area contributed by atoms with Gasteiger partial charge in [0.15, 0.2) is 0 Å². The fourth-order valence-electron chi connectivity index (χ4n) is 2.51. The molecule has 1 aromatic carbocycles. The van der Waals surface area contributed by atoms with Crippen LogP contribution in [-0.2, 0) is 0 Å². The maximum atomic E-state index is 9.87. The topological polar surface area (TPSA) is 49.5 Å². The molecule has 0 amide bonds. The van der Waals surface area contributed by atoms with E-state index in [1.165, 1.54) is 11.3 Å². The average molecular weight is 248 g/mol. The maximum absolute atomic E-state index is 9.87. The van der Waals surface area contributed by atoms with Gasteiger partial charge in [-0.25, -0.2) is 0 Å². The lowest BCUT2D eigenvalue weighted by molar-refractivity contribution is 0.0731. The average Bonchev–Trinajstić information content (AvgIpc) is 2.46. The van der Waals surface area contributed by atoms with Gasteiger partial charge in [-0.2, -0.15) is 0 Å². The summed E-state index contributed by atoms with van der Waals surface area (Å²) >= 11 is 0. The second-order valence-electron chi connectivity index (χ2n) is 5.86. The maximum Gasteiger partial charge on any atom is 0.0608 e. The van der Waals surface area contributed by atoms with Crippen molar-refractivity contribution in [3.05, 3.63) is 29.8 Å². The fourth-order valence-corrected chi connectivity index (χ4v) is 2.51. The highest BCUT2D eigenvalue weighted by molar-refractivity contribution is 5.55. The zero-order valence-electron chi connectivity index (χ0n) is 11.4. The van der Waals surface area contributed by atoms with Crippen LogP contribution in [0.1, 0.15) is 44.7 Å². The van der Waals surface area contributed by atoms with Crippen molar-refractivity contribution in [1.82, 2.24) is 0 Å². The van der Waals surface area contributed by atoms with E-state index in [-0.39, 0.29) is 6.04 Å². The molecule has 100 valence electrons. The van der Waals surface area contributed by atoms with E-state index in [0.717, 1.165) is 32.4 Å². The lowest BCUT2D eigenvalue weighted by atomic mass is 10.0. The quantitative estimate of drug-likeness (QED) is 0.864. The third kappa shape index (κ3) is 3.24. The molecule has 2 rings (SSSR count). The summed E-state index contributed by atoms with van der Waals surface area (Å²) < 4.78 is 0. The van der Waals surface area contributed by atoms with Crippen LogP contribution in [0.3, 0.4) is 0 Å². The van der Waals surface area contributed by atoms with Gasteiger partial charge in [0.25, 0.3) is 0 Å². The minimum Gasteiger partial charge on any atom is -0.390 e. The van der Waals surface area contributed by atoms with Crippen molar-refractivity contribution in [2.24, 2.45) is 5.73 Å². The van der Waals surface area contributed by atoms with Crippen LogP contribution in [0, 0.1) is 0 Å². The summed E-state index contributed by atoms with van der Waals surface area (Å²) in [6, 6.07) is 8.53. The second kappa shape index (κ2) is 5.29. The first-order valence-corrected chi connectivity index (χ1v) is 6.79. The van der Waals surface area contributed by atoms with Crippen LogP contribution < -0.4 is 10.6 Å². The van der Waals surface area contributed by atoms with Crippen LogP contribution in [0.4, 0.5) is 5.69 Å². The van der Waals surface area contributed by atoms with Crippen molar-refractivity contribution in [3.63, 3.8) is 0 Å². The van der Waals surface area contributed by atoms with Crippen LogP contribution in [0.25, 0.3) is 0 Å². The summed E-state index contributed by atoms with van der Waals surface area (Å²) in [5, 5.41) is 9.87. The molecule has 0 radical (unpaired) electrons. The Bertz CT molecular complexity index is 398. The van der Waals surface area contributed by atoms with Gasteiger partial charge >= 0.3 is 0 Å². The Morgan fingerprint density at radius 2 is 2.11 bits per heavy atom. The highest BCUT2D eigenvalue weighted by Crippen LogP contribution is 2.31. The molecule has 1 unspecified atom stereocenters. The molecule has 1 aromatic rings. The van der Waals surface area contributed by atoms with Gasteiger partial charge < -0.3 is 15.7 Å². The van der Waals surface area contributed by atoms with Crippen LogP contribution in [-0.4, -0.2) is 23.8 Å². The Balaban J connectivity index is 2.18. The molecule has 0 fully saturated rings. The number of fused-ring (bicyclic) bond motifs is 1. The third-order valence-corrected chi connectivity index (χ3v) is 3.61. The van der Waals surface area contributed by atoms with Crippen LogP contribution >= 0.6 is 0 Å². The van der Waals surface area contributed by atoms with Crippen molar-refractivity contribution in [2.45, 2.75) is 44.8 Å². The van der Waals surface area contributed by atoms with Gasteiger partial charge in [0.1, 0.15) is 0 Å². The van der Waals surface area contributed by atoms with Gasteiger partial charge in [0, 0.05) is 24.8 Å². The molecule has 3 N–H and O–H groups in total. The van der Waals surface area contributed by atoms with E-state index < -0.39 is 5.60 Å². The molecule has 0 saturated carbocycles. The van der Waals surface area contributed by atoms with Gasteiger partial charge in [-0.3, -0.25) is 0 Å². The molecule has 0 spiro atoms. The second-order valence-corrected chi connectivity index (χ2v) is 5.86. The fraction of sp³-hybridized carbons (Fsp3) is 0.600. The third-order valence-electron chi connectivity index (χ3n) is 3.61. The lowest BCUT2D eigenvalue weighted by Gasteiger charge is -2.28. The Hall–Kier alpha value is -1.06. The minimum absolute atomic E-state index is 0.147. The summed E-state index contributed by atoms with van der Waals surface area (Å²) in [6.07, 6.45) is 2.92. The predicted molar refractivity (Wildman–Crippen MR) is 75.7 cm³/mol. The van der Waals surface area contributed by atoms with E-state index in [9.17, 15) is 5.11 Å². The van der Waals surface area contributed by atoms with Gasteiger partial charge in [0.05, 0.1) is 5.60 Å². The van der Waals surface area contributed by atoms with Crippen molar-refractivity contribution in [3.8, 4) is 0 Å². The Morgan fingerprint density at radius 3 is 2.83 bits per heavy atom. The zero-order chi connectivity index (χ0) is 13.2. The number of nitrogens with two attached hydrogens (primary N) is 1. The first-order valence-electron chi connectivity index (χ1n) is 6.79. The molecule has 0 bridgehead atoms. The Morgan fingerprint density at radius 1 is 1.39 bits per heavy atom.